The molecule has 2 aromatic carbocycles. The monoisotopic (exact) mass is 394 g/mol. The number of nitrogens with one attached hydrogen (secondary N) is 2. The number of para-hydroxylation sites is 1. The number of thioether (sulfide) groups is 1. The number of benzene rings is 2. The van der Waals surface area contributed by atoms with Gasteiger partial charge in [0.2, 0.25) is 5.91 Å². The normalized spacial score (nSPS) is 11.6. The Morgan fingerprint density at radius 3 is 2.50 bits per heavy atom. The van der Waals surface area contributed by atoms with Crippen molar-refractivity contribution in [2.24, 2.45) is 0 Å². The Morgan fingerprint density at radius 2 is 1.75 bits per heavy atom. The van der Waals surface area contributed by atoms with Gasteiger partial charge in [0, 0.05) is 0 Å². The fourth-order valence-corrected chi connectivity index (χ4v) is 3.44. The van der Waals surface area contributed by atoms with Crippen LogP contribution in [0.15, 0.2) is 77.4 Å². The summed E-state index contributed by atoms with van der Waals surface area (Å²) in [6, 6.07) is 20.3. The van der Waals surface area contributed by atoms with Crippen molar-refractivity contribution in [3.8, 4) is 0 Å². The highest BCUT2D eigenvalue weighted by Crippen LogP contribution is 2.19. The van der Waals surface area contributed by atoms with Gasteiger partial charge in [0.1, 0.15) is 5.76 Å². The summed E-state index contributed by atoms with van der Waals surface area (Å²) in [6.07, 6.45) is 1.61. The fourth-order valence-electron chi connectivity index (χ4n) is 2.71. The maximum Gasteiger partial charge on any atom is 0.253 e. The van der Waals surface area contributed by atoms with Crippen LogP contribution in [0.25, 0.3) is 0 Å². The maximum atomic E-state index is 12.7. The Labute approximate surface area is 168 Å². The van der Waals surface area contributed by atoms with E-state index in [1.54, 1.807) is 30.5 Å². The molecule has 2 amide bonds. The molecule has 1 aromatic heterocycles. The zero-order valence-electron chi connectivity index (χ0n) is 15.6. The molecular formula is C22H22N2O3S. The molecule has 2 N–H and O–H groups in total. The highest BCUT2D eigenvalue weighted by Gasteiger charge is 2.16. The van der Waals surface area contributed by atoms with Crippen LogP contribution in [0.4, 0.5) is 5.69 Å². The highest BCUT2D eigenvalue weighted by atomic mass is 32.2. The number of hydrogen-bond donors (Lipinski definition) is 2. The van der Waals surface area contributed by atoms with Crippen LogP contribution in [0, 0.1) is 0 Å². The second kappa shape index (κ2) is 9.80. The molecule has 0 saturated heterocycles. The minimum atomic E-state index is -0.226. The number of amides is 2. The van der Waals surface area contributed by atoms with Crippen LogP contribution in [0.2, 0.25) is 0 Å². The predicted octanol–water partition coefficient (Wildman–Crippen LogP) is 4.64. The highest BCUT2D eigenvalue weighted by molar-refractivity contribution is 7.99. The van der Waals surface area contributed by atoms with Gasteiger partial charge in [-0.3, -0.25) is 9.59 Å². The molecule has 3 rings (SSSR count). The molecule has 1 unspecified atom stereocenters. The van der Waals surface area contributed by atoms with Crippen molar-refractivity contribution in [2.45, 2.75) is 18.7 Å². The molecule has 0 bridgehead atoms. The van der Waals surface area contributed by atoms with E-state index in [4.69, 9.17) is 4.42 Å². The molecule has 6 heteroatoms. The molecule has 0 fully saturated rings. The Morgan fingerprint density at radius 1 is 1.00 bits per heavy atom. The van der Waals surface area contributed by atoms with E-state index in [2.05, 4.69) is 10.6 Å². The number of carbonyl (C=O) groups excluding carboxylic acids is 2. The van der Waals surface area contributed by atoms with E-state index in [-0.39, 0.29) is 23.6 Å². The van der Waals surface area contributed by atoms with E-state index in [1.807, 2.05) is 49.4 Å². The van der Waals surface area contributed by atoms with Crippen LogP contribution in [0.1, 0.15) is 34.6 Å². The number of anilines is 1. The summed E-state index contributed by atoms with van der Waals surface area (Å²) in [6.45, 7) is 1.93. The standard InChI is InChI=1S/C22H22N2O3S/c1-16(17-8-3-2-4-9-17)23-22(26)19-11-5-6-12-20(19)24-21(25)15-28-14-18-10-7-13-27-18/h2-13,16H,14-15H2,1H3,(H,23,26)(H,24,25). The summed E-state index contributed by atoms with van der Waals surface area (Å²) in [5.41, 5.74) is 1.96. The van der Waals surface area contributed by atoms with Crippen molar-refractivity contribution in [3.63, 3.8) is 0 Å². The van der Waals surface area contributed by atoms with Gasteiger partial charge < -0.3 is 15.1 Å². The quantitative estimate of drug-likeness (QED) is 0.584. The van der Waals surface area contributed by atoms with Gasteiger partial charge in [0.05, 0.1) is 35.1 Å². The third-order valence-electron chi connectivity index (χ3n) is 4.15. The van der Waals surface area contributed by atoms with E-state index < -0.39 is 0 Å². The van der Waals surface area contributed by atoms with Crippen molar-refractivity contribution >= 4 is 29.3 Å². The van der Waals surface area contributed by atoms with Gasteiger partial charge in [-0.2, -0.15) is 0 Å². The van der Waals surface area contributed by atoms with Crippen LogP contribution in [0.5, 0.6) is 0 Å². The predicted molar refractivity (Wildman–Crippen MR) is 112 cm³/mol. The van der Waals surface area contributed by atoms with Crippen molar-refractivity contribution < 1.29 is 14.0 Å². The van der Waals surface area contributed by atoms with Crippen LogP contribution < -0.4 is 10.6 Å². The largest absolute Gasteiger partial charge is 0.468 e. The molecule has 3 aromatic rings. The molecule has 144 valence electrons. The molecule has 28 heavy (non-hydrogen) atoms. The molecule has 0 aliphatic rings. The Kier molecular flexibility index (Phi) is 6.92. The second-order valence-electron chi connectivity index (χ2n) is 6.27. The first-order valence-corrected chi connectivity index (χ1v) is 10.1. The molecule has 0 aliphatic heterocycles. The average Bonchev–Trinajstić information content (AvgIpc) is 3.22. The number of carbonyl (C=O) groups is 2. The molecule has 0 saturated carbocycles. The van der Waals surface area contributed by atoms with E-state index in [0.717, 1.165) is 11.3 Å². The van der Waals surface area contributed by atoms with E-state index >= 15 is 0 Å². The lowest BCUT2D eigenvalue weighted by atomic mass is 10.1. The van der Waals surface area contributed by atoms with E-state index in [9.17, 15) is 9.59 Å². The zero-order valence-corrected chi connectivity index (χ0v) is 16.4. The molecule has 0 spiro atoms. The van der Waals surface area contributed by atoms with E-state index in [0.29, 0.717) is 17.0 Å². The summed E-state index contributed by atoms with van der Waals surface area (Å²) < 4.78 is 5.25. The third-order valence-corrected chi connectivity index (χ3v) is 5.11. The molecular weight excluding hydrogens is 372 g/mol. The molecule has 0 radical (unpaired) electrons. The lowest BCUT2D eigenvalue weighted by Gasteiger charge is -2.16. The van der Waals surface area contributed by atoms with Gasteiger partial charge in [0.25, 0.3) is 5.91 Å². The summed E-state index contributed by atoms with van der Waals surface area (Å²) in [5, 5.41) is 5.81. The average molecular weight is 394 g/mol. The first kappa shape index (κ1) is 19.8. The van der Waals surface area contributed by atoms with Crippen LogP contribution >= 0.6 is 11.8 Å². The molecule has 1 heterocycles. The third kappa shape index (κ3) is 5.50. The van der Waals surface area contributed by atoms with Crippen molar-refractivity contribution in [3.05, 3.63) is 89.9 Å². The maximum absolute atomic E-state index is 12.7. The van der Waals surface area contributed by atoms with E-state index in [1.165, 1.54) is 11.8 Å². The topological polar surface area (TPSA) is 71.3 Å². The summed E-state index contributed by atoms with van der Waals surface area (Å²) >= 11 is 1.45. The van der Waals surface area contributed by atoms with Gasteiger partial charge in [-0.25, -0.2) is 0 Å². The van der Waals surface area contributed by atoms with Gasteiger partial charge in [0.15, 0.2) is 0 Å². The first-order valence-electron chi connectivity index (χ1n) is 8.98. The lowest BCUT2D eigenvalue weighted by molar-refractivity contribution is -0.113. The summed E-state index contributed by atoms with van der Waals surface area (Å²) in [4.78, 5) is 25.0. The number of rotatable bonds is 8. The van der Waals surface area contributed by atoms with Crippen molar-refractivity contribution in [1.82, 2.24) is 5.32 Å². The SMILES string of the molecule is CC(NC(=O)c1ccccc1NC(=O)CSCc1ccco1)c1ccccc1. The summed E-state index contributed by atoms with van der Waals surface area (Å²) in [5.74, 6) is 1.34. The number of hydrogen-bond acceptors (Lipinski definition) is 4. The second-order valence-corrected chi connectivity index (χ2v) is 7.26. The molecule has 5 nitrogen and oxygen atoms in total. The number of furan rings is 1. The lowest BCUT2D eigenvalue weighted by Crippen LogP contribution is -2.28. The first-order chi connectivity index (χ1) is 13.6. The zero-order chi connectivity index (χ0) is 19.8. The van der Waals surface area contributed by atoms with Crippen molar-refractivity contribution in [2.75, 3.05) is 11.1 Å². The molecule has 0 aliphatic carbocycles. The van der Waals surface area contributed by atoms with Crippen molar-refractivity contribution in [1.29, 1.82) is 0 Å². The van der Waals surface area contributed by atoms with Gasteiger partial charge in [-0.1, -0.05) is 42.5 Å². The van der Waals surface area contributed by atoms with Crippen LogP contribution in [0.3, 0.4) is 0 Å². The Bertz CT molecular complexity index is 911. The minimum Gasteiger partial charge on any atom is -0.468 e. The Balaban J connectivity index is 1.58. The van der Waals surface area contributed by atoms with Gasteiger partial charge in [-0.15, -0.1) is 11.8 Å². The summed E-state index contributed by atoms with van der Waals surface area (Å²) in [7, 11) is 0. The smallest absolute Gasteiger partial charge is 0.253 e. The fraction of sp³-hybridized carbons (Fsp3) is 0.182. The van der Waals surface area contributed by atoms with Gasteiger partial charge in [-0.05, 0) is 36.8 Å². The van der Waals surface area contributed by atoms with Crippen LogP contribution in [-0.4, -0.2) is 17.6 Å². The minimum absolute atomic E-state index is 0.138. The Hall–Kier alpha value is -2.99. The van der Waals surface area contributed by atoms with Crippen LogP contribution in [-0.2, 0) is 10.5 Å². The molecule has 1 atom stereocenters. The van der Waals surface area contributed by atoms with Gasteiger partial charge >= 0.3 is 0 Å².